The molecule has 0 aromatic heterocycles. The Hall–Kier alpha value is -2.37. The van der Waals surface area contributed by atoms with E-state index in [0.29, 0.717) is 19.4 Å². The number of rotatable bonds is 5. The maximum absolute atomic E-state index is 12.7. The molecule has 0 saturated heterocycles. The van der Waals surface area contributed by atoms with E-state index in [9.17, 15) is 9.90 Å². The zero-order valence-electron chi connectivity index (χ0n) is 21.7. The Kier molecular flexibility index (Phi) is 7.97. The lowest BCUT2D eigenvalue weighted by molar-refractivity contribution is -0.122. The van der Waals surface area contributed by atoms with Crippen molar-refractivity contribution in [2.24, 2.45) is 0 Å². The van der Waals surface area contributed by atoms with E-state index in [1.165, 1.54) is 28.7 Å². The fourth-order valence-electron chi connectivity index (χ4n) is 6.10. The molecule has 2 aromatic rings. The van der Waals surface area contributed by atoms with Crippen molar-refractivity contribution in [1.29, 1.82) is 0 Å². The van der Waals surface area contributed by atoms with E-state index < -0.39 is 6.10 Å². The van der Waals surface area contributed by atoms with Gasteiger partial charge >= 0.3 is 0 Å². The molecule has 5 nitrogen and oxygen atoms in total. The molecule has 3 N–H and O–H groups in total. The molecule has 194 valence electrons. The van der Waals surface area contributed by atoms with Crippen LogP contribution in [0.15, 0.2) is 42.5 Å². The van der Waals surface area contributed by atoms with Crippen LogP contribution in [-0.4, -0.2) is 35.3 Å². The summed E-state index contributed by atoms with van der Waals surface area (Å²) in [6.07, 6.45) is 11.2. The highest BCUT2D eigenvalue weighted by molar-refractivity contribution is 5.76. The lowest BCUT2D eigenvalue weighted by Gasteiger charge is -2.48. The van der Waals surface area contributed by atoms with Gasteiger partial charge in [0.05, 0.1) is 12.1 Å². The van der Waals surface area contributed by atoms with Crippen LogP contribution in [0.4, 0.5) is 0 Å². The lowest BCUT2D eigenvalue weighted by atomic mass is 9.72. The van der Waals surface area contributed by atoms with Gasteiger partial charge in [0.15, 0.2) is 0 Å². The first kappa shape index (κ1) is 25.3. The highest BCUT2D eigenvalue weighted by atomic mass is 16.5. The summed E-state index contributed by atoms with van der Waals surface area (Å²) in [5.41, 5.74) is 4.96. The van der Waals surface area contributed by atoms with E-state index in [-0.39, 0.29) is 23.6 Å². The number of aliphatic hydroxyl groups is 1. The average molecular weight is 491 g/mol. The number of hydrogen-bond acceptors (Lipinski definition) is 4. The van der Waals surface area contributed by atoms with Gasteiger partial charge in [0.2, 0.25) is 5.91 Å². The van der Waals surface area contributed by atoms with Crippen molar-refractivity contribution in [2.75, 3.05) is 6.54 Å². The fourth-order valence-corrected chi connectivity index (χ4v) is 6.10. The molecule has 2 aliphatic heterocycles. The lowest BCUT2D eigenvalue weighted by Crippen LogP contribution is -2.52. The van der Waals surface area contributed by atoms with Gasteiger partial charge in [-0.15, -0.1) is 0 Å². The Morgan fingerprint density at radius 1 is 1.06 bits per heavy atom. The smallest absolute Gasteiger partial charge is 0.220 e. The van der Waals surface area contributed by atoms with Crippen LogP contribution in [0, 0.1) is 0 Å². The molecule has 0 radical (unpaired) electrons. The van der Waals surface area contributed by atoms with E-state index in [1.807, 2.05) is 0 Å². The molecule has 1 spiro atoms. The van der Waals surface area contributed by atoms with Crippen LogP contribution in [-0.2, 0) is 24.1 Å². The first-order valence-corrected chi connectivity index (χ1v) is 14.1. The molecular weight excluding hydrogens is 448 g/mol. The van der Waals surface area contributed by atoms with Crippen LogP contribution in [0.5, 0.6) is 5.75 Å². The van der Waals surface area contributed by atoms with Crippen LogP contribution in [0.3, 0.4) is 0 Å². The minimum Gasteiger partial charge on any atom is -0.487 e. The maximum atomic E-state index is 12.7. The number of ether oxygens (including phenoxy) is 1. The second-order valence-corrected chi connectivity index (χ2v) is 11.2. The van der Waals surface area contributed by atoms with Crippen molar-refractivity contribution in [1.82, 2.24) is 10.6 Å². The zero-order valence-corrected chi connectivity index (χ0v) is 21.7. The SMILES string of the molecule is CCc1ccc2c(c1)[C@@H](NC[C@@H](O)[C@@H]1Cc3cccc(c3)CCCCCCC(=O)N1)CC1(CCC1)O2. The molecule has 0 unspecified atom stereocenters. The number of benzene rings is 2. The number of amides is 1. The van der Waals surface area contributed by atoms with Crippen LogP contribution < -0.4 is 15.4 Å². The van der Waals surface area contributed by atoms with Gasteiger partial charge in [0.25, 0.3) is 0 Å². The first-order valence-electron chi connectivity index (χ1n) is 14.1. The van der Waals surface area contributed by atoms with E-state index in [0.717, 1.165) is 63.5 Å². The molecule has 2 bridgehead atoms. The first-order chi connectivity index (χ1) is 17.5. The summed E-state index contributed by atoms with van der Waals surface area (Å²) in [6, 6.07) is 15.0. The topological polar surface area (TPSA) is 70.6 Å². The maximum Gasteiger partial charge on any atom is 0.220 e. The van der Waals surface area contributed by atoms with Gasteiger partial charge in [-0.1, -0.05) is 56.2 Å². The highest BCUT2D eigenvalue weighted by Crippen LogP contribution is 2.49. The molecule has 1 fully saturated rings. The normalized spacial score (nSPS) is 24.7. The van der Waals surface area contributed by atoms with E-state index >= 15 is 0 Å². The van der Waals surface area contributed by atoms with Gasteiger partial charge in [0.1, 0.15) is 11.4 Å². The molecule has 1 amide bonds. The van der Waals surface area contributed by atoms with Crippen molar-refractivity contribution >= 4 is 5.91 Å². The molecular formula is C31H42N2O3. The molecule has 2 heterocycles. The Labute approximate surface area is 216 Å². The molecule has 5 rings (SSSR count). The van der Waals surface area contributed by atoms with Crippen molar-refractivity contribution < 1.29 is 14.6 Å². The van der Waals surface area contributed by atoms with Gasteiger partial charge in [-0.3, -0.25) is 4.79 Å². The van der Waals surface area contributed by atoms with Gasteiger partial charge in [-0.25, -0.2) is 0 Å². The number of fused-ring (bicyclic) bond motifs is 3. The standard InChI is InChI=1S/C31H42N2O3/c1-2-22-13-14-29-25(18-22)27(20-31(36-29)15-8-16-31)32-21-28(34)26-19-24-11-7-10-23(17-24)9-5-3-4-6-12-30(35)33-26/h7,10-11,13-14,17-18,26-28,32,34H,2-6,8-9,12,15-16,19-21H2,1H3,(H,33,35)/t26-,27-,28+/m0/s1. The van der Waals surface area contributed by atoms with Gasteiger partial charge in [0, 0.05) is 31.0 Å². The summed E-state index contributed by atoms with van der Waals surface area (Å²) in [5, 5.41) is 18.2. The number of carbonyl (C=O) groups is 1. The third-order valence-electron chi connectivity index (χ3n) is 8.48. The summed E-state index contributed by atoms with van der Waals surface area (Å²) in [6.45, 7) is 2.61. The summed E-state index contributed by atoms with van der Waals surface area (Å²) in [7, 11) is 0. The highest BCUT2D eigenvalue weighted by Gasteiger charge is 2.45. The average Bonchev–Trinajstić information content (AvgIpc) is 2.88. The predicted molar refractivity (Wildman–Crippen MR) is 143 cm³/mol. The van der Waals surface area contributed by atoms with Crippen LogP contribution >= 0.6 is 0 Å². The monoisotopic (exact) mass is 490 g/mol. The van der Waals surface area contributed by atoms with Crippen molar-refractivity contribution in [3.63, 3.8) is 0 Å². The Morgan fingerprint density at radius 2 is 1.86 bits per heavy atom. The van der Waals surface area contributed by atoms with Crippen LogP contribution in [0.2, 0.25) is 0 Å². The van der Waals surface area contributed by atoms with E-state index in [4.69, 9.17) is 4.74 Å². The minimum absolute atomic E-state index is 0.0480. The van der Waals surface area contributed by atoms with Crippen molar-refractivity contribution in [3.05, 3.63) is 64.7 Å². The number of aliphatic hydroxyl groups excluding tert-OH is 1. The molecule has 3 aliphatic rings. The summed E-state index contributed by atoms with van der Waals surface area (Å²) < 4.78 is 6.48. The van der Waals surface area contributed by atoms with Crippen molar-refractivity contribution in [2.45, 2.75) is 108 Å². The van der Waals surface area contributed by atoms with E-state index in [2.05, 4.69) is 60.0 Å². The number of hydrogen-bond donors (Lipinski definition) is 3. The molecule has 36 heavy (non-hydrogen) atoms. The van der Waals surface area contributed by atoms with Gasteiger partial charge in [-0.2, -0.15) is 0 Å². The second-order valence-electron chi connectivity index (χ2n) is 11.2. The molecule has 3 atom stereocenters. The number of carbonyl (C=O) groups excluding carboxylic acids is 1. The predicted octanol–water partition coefficient (Wildman–Crippen LogP) is 5.18. The summed E-state index contributed by atoms with van der Waals surface area (Å²) >= 11 is 0. The minimum atomic E-state index is -0.680. The van der Waals surface area contributed by atoms with Gasteiger partial charge < -0.3 is 20.5 Å². The molecule has 2 aromatic carbocycles. The zero-order chi connectivity index (χ0) is 25.0. The summed E-state index contributed by atoms with van der Waals surface area (Å²) in [4.78, 5) is 12.7. The second kappa shape index (κ2) is 11.4. The van der Waals surface area contributed by atoms with Crippen molar-refractivity contribution in [3.8, 4) is 5.75 Å². The molecule has 5 heteroatoms. The Morgan fingerprint density at radius 3 is 2.64 bits per heavy atom. The molecule has 1 saturated carbocycles. The summed E-state index contributed by atoms with van der Waals surface area (Å²) in [5.74, 6) is 1.03. The third kappa shape index (κ3) is 5.95. The molecule has 1 aliphatic carbocycles. The van der Waals surface area contributed by atoms with Crippen LogP contribution in [0.1, 0.15) is 93.0 Å². The fraction of sp³-hybridized carbons (Fsp3) is 0.581. The third-order valence-corrected chi connectivity index (χ3v) is 8.48. The van der Waals surface area contributed by atoms with Crippen LogP contribution in [0.25, 0.3) is 0 Å². The van der Waals surface area contributed by atoms with Gasteiger partial charge in [-0.05, 0) is 74.1 Å². The number of aryl methyl sites for hydroxylation is 2. The quantitative estimate of drug-likeness (QED) is 0.540. The number of nitrogens with one attached hydrogen (secondary N) is 2. The Bertz CT molecular complexity index is 1050. The Balaban J connectivity index is 1.31. The largest absolute Gasteiger partial charge is 0.487 e. The van der Waals surface area contributed by atoms with E-state index in [1.54, 1.807) is 0 Å².